The van der Waals surface area contributed by atoms with E-state index in [1.807, 2.05) is 44.2 Å². The molecule has 8 nitrogen and oxygen atoms in total. The maximum absolute atomic E-state index is 13.7. The quantitative estimate of drug-likeness (QED) is 0.418. The lowest BCUT2D eigenvalue weighted by atomic mass is 9.99. The van der Waals surface area contributed by atoms with E-state index in [0.29, 0.717) is 17.7 Å². The van der Waals surface area contributed by atoms with Gasteiger partial charge < -0.3 is 20.7 Å². The van der Waals surface area contributed by atoms with Gasteiger partial charge in [-0.25, -0.2) is 0 Å². The Bertz CT molecular complexity index is 1140. The van der Waals surface area contributed by atoms with E-state index in [9.17, 15) is 19.2 Å². The Morgan fingerprint density at radius 1 is 1.03 bits per heavy atom. The first kappa shape index (κ1) is 25.4. The van der Waals surface area contributed by atoms with Gasteiger partial charge >= 0.3 is 0 Å². The minimum atomic E-state index is -1.16. The van der Waals surface area contributed by atoms with Crippen LogP contribution in [0.5, 0.6) is 5.75 Å². The molecule has 0 aromatic heterocycles. The van der Waals surface area contributed by atoms with Gasteiger partial charge in [-0.15, -0.1) is 0 Å². The number of hydrogen-bond acceptors (Lipinski definition) is 5. The van der Waals surface area contributed by atoms with Crippen LogP contribution in [0.1, 0.15) is 49.0 Å². The van der Waals surface area contributed by atoms with Crippen LogP contribution in [0.2, 0.25) is 0 Å². The summed E-state index contributed by atoms with van der Waals surface area (Å²) in [7, 11) is 1.52. The van der Waals surface area contributed by atoms with E-state index in [4.69, 9.17) is 4.74 Å². The van der Waals surface area contributed by atoms with Gasteiger partial charge in [0, 0.05) is 18.0 Å². The van der Waals surface area contributed by atoms with Crippen molar-refractivity contribution in [2.24, 2.45) is 11.8 Å². The summed E-state index contributed by atoms with van der Waals surface area (Å²) in [5, 5.41) is 8.46. The number of ether oxygens (including phenoxy) is 1. The highest BCUT2D eigenvalue weighted by atomic mass is 16.5. The molecule has 3 N–H and O–H groups in total. The second kappa shape index (κ2) is 10.5. The van der Waals surface area contributed by atoms with Gasteiger partial charge in [0.2, 0.25) is 11.7 Å². The Morgan fingerprint density at radius 2 is 1.75 bits per heavy atom. The Labute approximate surface area is 211 Å². The molecule has 0 radical (unpaired) electrons. The third-order valence-electron chi connectivity index (χ3n) is 6.93. The fraction of sp³-hybridized carbons (Fsp3) is 0.429. The fourth-order valence-electron chi connectivity index (χ4n) is 4.58. The van der Waals surface area contributed by atoms with Crippen LogP contribution in [0, 0.1) is 11.8 Å². The summed E-state index contributed by atoms with van der Waals surface area (Å²) in [6.07, 6.45) is 2.33. The molecule has 2 saturated carbocycles. The monoisotopic (exact) mass is 491 g/mol. The standard InChI is InChI=1S/C28H33N3O5/c1-17(2)22-16-28(22,31-25(33)19-10-7-11-21(15-19)36-3)27(35)30-23(14-18-8-5-4-6-9-18)24(32)26(34)29-20-12-13-20/h4-11,15,17,20,22-23H,12-14,16H2,1-3H3,(H,29,34)(H,30,35)(H,31,33)/t22-,23-,28?/m0/s1. The van der Waals surface area contributed by atoms with Gasteiger partial charge in [0.15, 0.2) is 0 Å². The van der Waals surface area contributed by atoms with Crippen molar-refractivity contribution in [3.05, 3.63) is 65.7 Å². The topological polar surface area (TPSA) is 114 Å². The molecule has 2 aliphatic carbocycles. The summed E-state index contributed by atoms with van der Waals surface area (Å²) >= 11 is 0. The largest absolute Gasteiger partial charge is 0.497 e. The number of carbonyl (C=O) groups is 4. The summed E-state index contributed by atoms with van der Waals surface area (Å²) in [5.41, 5.74) is 0.0361. The first-order valence-corrected chi connectivity index (χ1v) is 12.4. The molecule has 2 fully saturated rings. The van der Waals surface area contributed by atoms with Crippen molar-refractivity contribution in [3.63, 3.8) is 0 Å². The highest BCUT2D eigenvalue weighted by Gasteiger charge is 2.62. The molecule has 0 saturated heterocycles. The number of benzene rings is 2. The molecule has 0 bridgehead atoms. The molecule has 2 aliphatic rings. The van der Waals surface area contributed by atoms with Crippen LogP contribution in [0.25, 0.3) is 0 Å². The molecule has 2 aromatic carbocycles. The lowest BCUT2D eigenvalue weighted by Crippen LogP contribution is -2.57. The van der Waals surface area contributed by atoms with Gasteiger partial charge in [-0.2, -0.15) is 0 Å². The van der Waals surface area contributed by atoms with E-state index in [0.717, 1.165) is 18.4 Å². The van der Waals surface area contributed by atoms with Crippen LogP contribution in [-0.2, 0) is 20.8 Å². The van der Waals surface area contributed by atoms with E-state index in [1.54, 1.807) is 24.3 Å². The maximum Gasteiger partial charge on any atom is 0.289 e. The Kier molecular flexibility index (Phi) is 7.43. The molecular formula is C28H33N3O5. The highest BCUT2D eigenvalue weighted by molar-refractivity contribution is 6.38. The molecule has 1 unspecified atom stereocenters. The molecular weight excluding hydrogens is 458 g/mol. The number of nitrogens with one attached hydrogen (secondary N) is 3. The van der Waals surface area contributed by atoms with E-state index < -0.39 is 35.1 Å². The normalized spacial score (nSPS) is 21.3. The van der Waals surface area contributed by atoms with Crippen LogP contribution in [-0.4, -0.2) is 48.2 Å². The summed E-state index contributed by atoms with van der Waals surface area (Å²) in [4.78, 5) is 52.4. The molecule has 0 heterocycles. The first-order valence-electron chi connectivity index (χ1n) is 12.4. The SMILES string of the molecule is COc1cccc(C(=O)NC2(C(=O)N[C@@H](Cc3ccccc3)C(=O)C(=O)NC3CC3)C[C@H]2C(C)C)c1. The van der Waals surface area contributed by atoms with Crippen molar-refractivity contribution in [2.45, 2.75) is 57.2 Å². The molecule has 0 aliphatic heterocycles. The Hall–Kier alpha value is -3.68. The predicted octanol–water partition coefficient (Wildman–Crippen LogP) is 2.41. The van der Waals surface area contributed by atoms with Crippen molar-refractivity contribution in [3.8, 4) is 5.75 Å². The molecule has 0 spiro atoms. The average Bonchev–Trinajstić information content (AvgIpc) is 3.80. The third-order valence-corrected chi connectivity index (χ3v) is 6.93. The van der Waals surface area contributed by atoms with Crippen LogP contribution in [0.4, 0.5) is 0 Å². The van der Waals surface area contributed by atoms with Crippen molar-refractivity contribution in [1.29, 1.82) is 0 Å². The van der Waals surface area contributed by atoms with Gasteiger partial charge in [-0.05, 0) is 54.9 Å². The van der Waals surface area contributed by atoms with Crippen LogP contribution < -0.4 is 20.7 Å². The van der Waals surface area contributed by atoms with E-state index in [-0.39, 0.29) is 24.3 Å². The zero-order valence-corrected chi connectivity index (χ0v) is 20.9. The first-order chi connectivity index (χ1) is 17.2. The second-order valence-corrected chi connectivity index (χ2v) is 10.0. The lowest BCUT2D eigenvalue weighted by molar-refractivity contribution is -0.140. The maximum atomic E-state index is 13.7. The van der Waals surface area contributed by atoms with Crippen LogP contribution in [0.3, 0.4) is 0 Å². The van der Waals surface area contributed by atoms with Crippen molar-refractivity contribution in [2.75, 3.05) is 7.11 Å². The van der Waals surface area contributed by atoms with Gasteiger partial charge in [-0.1, -0.05) is 50.2 Å². The zero-order valence-electron chi connectivity index (χ0n) is 20.9. The van der Waals surface area contributed by atoms with Gasteiger partial charge in [0.05, 0.1) is 7.11 Å². The Morgan fingerprint density at radius 3 is 2.36 bits per heavy atom. The fourth-order valence-corrected chi connectivity index (χ4v) is 4.58. The van der Waals surface area contributed by atoms with Gasteiger partial charge in [-0.3, -0.25) is 19.2 Å². The number of carbonyl (C=O) groups excluding carboxylic acids is 4. The number of rotatable bonds is 11. The average molecular weight is 492 g/mol. The van der Waals surface area contributed by atoms with Crippen LogP contribution in [0.15, 0.2) is 54.6 Å². The van der Waals surface area contributed by atoms with Crippen molar-refractivity contribution in [1.82, 2.24) is 16.0 Å². The molecule has 190 valence electrons. The van der Waals surface area contributed by atoms with Crippen molar-refractivity contribution >= 4 is 23.5 Å². The van der Waals surface area contributed by atoms with Gasteiger partial charge in [0.25, 0.3) is 11.8 Å². The molecule has 36 heavy (non-hydrogen) atoms. The van der Waals surface area contributed by atoms with Gasteiger partial charge in [0.1, 0.15) is 17.3 Å². The van der Waals surface area contributed by atoms with Crippen LogP contribution >= 0.6 is 0 Å². The minimum Gasteiger partial charge on any atom is -0.497 e. The number of amides is 3. The molecule has 3 atom stereocenters. The van der Waals surface area contributed by atoms with E-state index >= 15 is 0 Å². The lowest BCUT2D eigenvalue weighted by Gasteiger charge is -2.24. The Balaban J connectivity index is 1.54. The minimum absolute atomic E-state index is 0.0248. The number of hydrogen-bond donors (Lipinski definition) is 3. The van der Waals surface area contributed by atoms with Crippen molar-refractivity contribution < 1.29 is 23.9 Å². The number of Topliss-reactive ketones (excluding diaryl/α,β-unsaturated/α-hetero) is 1. The predicted molar refractivity (Wildman–Crippen MR) is 134 cm³/mol. The summed E-state index contributed by atoms with van der Waals surface area (Å²) in [5.74, 6) is -1.66. The number of ketones is 1. The summed E-state index contributed by atoms with van der Waals surface area (Å²) in [6, 6.07) is 14.9. The summed E-state index contributed by atoms with van der Waals surface area (Å²) in [6.45, 7) is 3.99. The molecule has 4 rings (SSSR count). The third kappa shape index (κ3) is 5.75. The van der Waals surface area contributed by atoms with E-state index in [1.165, 1.54) is 7.11 Å². The number of methoxy groups -OCH3 is 1. The zero-order chi connectivity index (χ0) is 25.9. The molecule has 3 amide bonds. The highest BCUT2D eigenvalue weighted by Crippen LogP contribution is 2.49. The van der Waals surface area contributed by atoms with E-state index in [2.05, 4.69) is 16.0 Å². The summed E-state index contributed by atoms with van der Waals surface area (Å²) < 4.78 is 5.21. The second-order valence-electron chi connectivity index (χ2n) is 10.0. The molecule has 8 heteroatoms. The smallest absolute Gasteiger partial charge is 0.289 e. The molecule has 2 aromatic rings.